The van der Waals surface area contributed by atoms with Crippen LogP contribution in [0.1, 0.15) is 50.7 Å². The molecule has 2 heterocycles. The Bertz CT molecular complexity index is 1020. The second-order valence-corrected chi connectivity index (χ2v) is 7.62. The van der Waals surface area contributed by atoms with Crippen LogP contribution in [0.4, 0.5) is 0 Å². The van der Waals surface area contributed by atoms with Crippen LogP contribution in [0.25, 0.3) is 28.0 Å². The predicted molar refractivity (Wildman–Crippen MR) is 105 cm³/mol. The minimum absolute atomic E-state index is 0.440. The van der Waals surface area contributed by atoms with E-state index in [9.17, 15) is 0 Å². The summed E-state index contributed by atoms with van der Waals surface area (Å²) in [5.74, 6) is 1.72. The van der Waals surface area contributed by atoms with Crippen LogP contribution in [0, 0.1) is 0 Å². The Labute approximate surface area is 153 Å². The maximum Gasteiger partial charge on any atom is 0.442 e. The van der Waals surface area contributed by atoms with Gasteiger partial charge in [0.25, 0.3) is 0 Å². The van der Waals surface area contributed by atoms with Crippen LogP contribution < -0.4 is 4.80 Å². The lowest BCUT2D eigenvalue weighted by Crippen LogP contribution is -2.44. The van der Waals surface area contributed by atoms with E-state index in [1.807, 2.05) is 4.80 Å². The molecule has 0 fully saturated rings. The van der Waals surface area contributed by atoms with Gasteiger partial charge in [-0.15, -0.1) is 0 Å². The number of para-hydroxylation sites is 2. The quantitative estimate of drug-likeness (QED) is 0.525. The van der Waals surface area contributed by atoms with Gasteiger partial charge in [-0.25, -0.2) is 9.25 Å². The van der Waals surface area contributed by atoms with Gasteiger partial charge >= 0.3 is 5.95 Å². The molecule has 0 amide bonds. The van der Waals surface area contributed by atoms with Gasteiger partial charge in [-0.1, -0.05) is 62.0 Å². The van der Waals surface area contributed by atoms with Crippen molar-refractivity contribution in [1.82, 2.24) is 19.3 Å². The van der Waals surface area contributed by atoms with Crippen molar-refractivity contribution in [3.8, 4) is 5.95 Å². The second-order valence-electron chi connectivity index (χ2n) is 7.62. The van der Waals surface area contributed by atoms with E-state index in [2.05, 4.69) is 87.4 Å². The van der Waals surface area contributed by atoms with Crippen LogP contribution in [0.2, 0.25) is 0 Å². The van der Waals surface area contributed by atoms with Gasteiger partial charge in [0.05, 0.1) is 7.05 Å². The Morgan fingerprint density at radius 1 is 0.808 bits per heavy atom. The molecule has 5 nitrogen and oxygen atoms in total. The molecule has 0 spiro atoms. The predicted octanol–water partition coefficient (Wildman–Crippen LogP) is 3.98. The third-order valence-corrected chi connectivity index (χ3v) is 5.18. The number of rotatable bonds is 3. The van der Waals surface area contributed by atoms with Crippen molar-refractivity contribution >= 4 is 22.1 Å². The van der Waals surface area contributed by atoms with Gasteiger partial charge in [-0.05, 0) is 39.9 Å². The summed E-state index contributed by atoms with van der Waals surface area (Å²) < 4.78 is 4.27. The first-order valence-electron chi connectivity index (χ1n) is 9.23. The summed E-state index contributed by atoms with van der Waals surface area (Å²) in [5, 5.41) is 4.85. The molecule has 0 aliphatic rings. The van der Waals surface area contributed by atoms with Gasteiger partial charge in [0.2, 0.25) is 0 Å². The zero-order valence-corrected chi connectivity index (χ0v) is 16.4. The molecule has 0 bridgehead atoms. The van der Waals surface area contributed by atoms with Gasteiger partial charge in [0.15, 0.2) is 5.52 Å². The van der Waals surface area contributed by atoms with E-state index in [0.29, 0.717) is 11.8 Å². The standard InChI is InChI=1S/C21H26N5/c1-13(2)15-9-7-11-17-19(15)24(5)21(22-17)26-23-18-12-8-10-16(14(3)4)20(18)25(26)6/h7-14H,1-6H3/q+1. The van der Waals surface area contributed by atoms with Crippen molar-refractivity contribution < 1.29 is 4.80 Å². The Hall–Kier alpha value is -2.69. The molecular formula is C21H26N5+. The maximum atomic E-state index is 4.90. The number of nitrogens with zero attached hydrogens (tertiary/aromatic N) is 5. The van der Waals surface area contributed by atoms with E-state index in [1.54, 1.807) is 0 Å². The summed E-state index contributed by atoms with van der Waals surface area (Å²) in [6, 6.07) is 12.7. The van der Waals surface area contributed by atoms with Crippen LogP contribution in [0.5, 0.6) is 0 Å². The molecule has 0 aliphatic carbocycles. The number of benzene rings is 2. The number of aryl methyl sites for hydroxylation is 2. The number of aromatic nitrogens is 5. The molecule has 0 saturated carbocycles. The molecule has 5 heteroatoms. The van der Waals surface area contributed by atoms with Crippen LogP contribution in [-0.4, -0.2) is 19.3 Å². The van der Waals surface area contributed by atoms with E-state index in [4.69, 9.17) is 10.1 Å². The topological polar surface area (TPSA) is 39.5 Å². The molecule has 0 atom stereocenters. The highest BCUT2D eigenvalue weighted by molar-refractivity contribution is 5.81. The van der Waals surface area contributed by atoms with E-state index in [-0.39, 0.29) is 0 Å². The lowest BCUT2D eigenvalue weighted by molar-refractivity contribution is -0.742. The molecule has 0 radical (unpaired) electrons. The highest BCUT2D eigenvalue weighted by Crippen LogP contribution is 2.27. The van der Waals surface area contributed by atoms with Gasteiger partial charge in [-0.2, -0.15) is 0 Å². The first-order chi connectivity index (χ1) is 12.4. The fourth-order valence-corrected chi connectivity index (χ4v) is 3.82. The molecule has 0 saturated heterocycles. The SMILES string of the molecule is CC(C)c1cccc2nc(-[n+]3nc4cccc(C(C)C)c4n3C)n(C)c12. The van der Waals surface area contributed by atoms with E-state index in [0.717, 1.165) is 17.0 Å². The summed E-state index contributed by atoms with van der Waals surface area (Å²) >= 11 is 0. The molecule has 4 aromatic rings. The molecular weight excluding hydrogens is 322 g/mol. The largest absolute Gasteiger partial charge is 0.442 e. The smallest absolute Gasteiger partial charge is 0.224 e. The Kier molecular flexibility index (Phi) is 3.83. The van der Waals surface area contributed by atoms with Gasteiger partial charge in [0.1, 0.15) is 16.6 Å². The highest BCUT2D eigenvalue weighted by Gasteiger charge is 2.26. The molecule has 134 valence electrons. The molecule has 0 aliphatic heterocycles. The van der Waals surface area contributed by atoms with Crippen LogP contribution in [0.3, 0.4) is 0 Å². The fourth-order valence-electron chi connectivity index (χ4n) is 3.82. The fraction of sp³-hybridized carbons (Fsp3) is 0.381. The molecule has 2 aromatic carbocycles. The lowest BCUT2D eigenvalue weighted by Gasteiger charge is -2.07. The molecule has 0 unspecified atom stereocenters. The minimum atomic E-state index is 0.440. The Morgan fingerprint density at radius 3 is 2.00 bits per heavy atom. The summed E-state index contributed by atoms with van der Waals surface area (Å²) in [5.41, 5.74) is 6.97. The molecule has 26 heavy (non-hydrogen) atoms. The van der Waals surface area contributed by atoms with Crippen molar-refractivity contribution in [3.63, 3.8) is 0 Å². The Morgan fingerprint density at radius 2 is 1.38 bits per heavy atom. The third-order valence-electron chi connectivity index (χ3n) is 5.18. The van der Waals surface area contributed by atoms with Crippen molar-refractivity contribution in [3.05, 3.63) is 47.5 Å². The third kappa shape index (κ3) is 2.34. The maximum absolute atomic E-state index is 4.90. The molecule has 0 N–H and O–H groups in total. The van der Waals surface area contributed by atoms with E-state index >= 15 is 0 Å². The van der Waals surface area contributed by atoms with Crippen LogP contribution in [-0.2, 0) is 14.1 Å². The van der Waals surface area contributed by atoms with E-state index < -0.39 is 0 Å². The van der Waals surface area contributed by atoms with Gasteiger partial charge in [-0.3, -0.25) is 0 Å². The van der Waals surface area contributed by atoms with Crippen molar-refractivity contribution in [2.45, 2.75) is 39.5 Å². The normalized spacial score (nSPS) is 12.2. The first kappa shape index (κ1) is 16.8. The van der Waals surface area contributed by atoms with Gasteiger partial charge in [0, 0.05) is 7.05 Å². The monoisotopic (exact) mass is 348 g/mol. The lowest BCUT2D eigenvalue weighted by atomic mass is 10.0. The average Bonchev–Trinajstić information content (AvgIpc) is 3.12. The van der Waals surface area contributed by atoms with Crippen molar-refractivity contribution in [2.75, 3.05) is 0 Å². The van der Waals surface area contributed by atoms with Gasteiger partial charge < -0.3 is 0 Å². The first-order valence-corrected chi connectivity index (χ1v) is 9.23. The average molecular weight is 348 g/mol. The summed E-state index contributed by atoms with van der Waals surface area (Å²) in [6.07, 6.45) is 0. The van der Waals surface area contributed by atoms with Crippen LogP contribution in [0.15, 0.2) is 36.4 Å². The number of hydrogen-bond acceptors (Lipinski definition) is 2. The van der Waals surface area contributed by atoms with Crippen LogP contribution >= 0.6 is 0 Å². The zero-order chi connectivity index (χ0) is 18.6. The number of imidazole rings is 1. The molecule has 4 rings (SSSR count). The van der Waals surface area contributed by atoms with Crippen molar-refractivity contribution in [2.24, 2.45) is 14.1 Å². The summed E-state index contributed by atoms with van der Waals surface area (Å²) in [7, 11) is 4.14. The minimum Gasteiger partial charge on any atom is -0.224 e. The second kappa shape index (κ2) is 5.94. The zero-order valence-electron chi connectivity index (χ0n) is 16.4. The van der Waals surface area contributed by atoms with E-state index in [1.165, 1.54) is 22.2 Å². The highest BCUT2D eigenvalue weighted by atomic mass is 15.6. The molecule has 2 aromatic heterocycles. The number of fused-ring (bicyclic) bond motifs is 2. The van der Waals surface area contributed by atoms with Crippen molar-refractivity contribution in [1.29, 1.82) is 0 Å². The summed E-state index contributed by atoms with van der Waals surface area (Å²) in [6.45, 7) is 8.88. The summed E-state index contributed by atoms with van der Waals surface area (Å²) in [4.78, 5) is 6.82. The Balaban J connectivity index is 2.02. The number of hydrogen-bond donors (Lipinski definition) is 0.